The smallest absolute Gasteiger partial charge is 0.255 e. The Morgan fingerprint density at radius 2 is 1.68 bits per heavy atom. The number of primary amides is 1. The van der Waals surface area contributed by atoms with Gasteiger partial charge in [-0.2, -0.15) is 0 Å². The number of nitrogens with one attached hydrogen (secondary N) is 2. The van der Waals surface area contributed by atoms with Gasteiger partial charge in [0.15, 0.2) is 0 Å². The minimum atomic E-state index is -4.19. The summed E-state index contributed by atoms with van der Waals surface area (Å²) in [4.78, 5) is 26.2. The van der Waals surface area contributed by atoms with Crippen LogP contribution in [0.2, 0.25) is 0 Å². The van der Waals surface area contributed by atoms with Gasteiger partial charge in [0.25, 0.3) is 11.8 Å². The molecule has 0 aliphatic heterocycles. The van der Waals surface area contributed by atoms with Crippen molar-refractivity contribution in [2.45, 2.75) is 23.2 Å². The summed E-state index contributed by atoms with van der Waals surface area (Å²) in [5, 5.41) is 5.44. The zero-order valence-corrected chi connectivity index (χ0v) is 17.6. The van der Waals surface area contributed by atoms with Gasteiger partial charge in [0.05, 0.1) is 4.90 Å². The number of amides is 2. The molecule has 2 aromatic carbocycles. The first-order valence-corrected chi connectivity index (χ1v) is 10.9. The average Bonchev–Trinajstić information content (AvgIpc) is 2.78. The number of hydrogen-bond donors (Lipinski definition) is 3. The number of benzene rings is 2. The van der Waals surface area contributed by atoms with Crippen LogP contribution in [0.1, 0.15) is 22.8 Å². The first-order chi connectivity index (χ1) is 14.7. The number of anilines is 1. The molecular formula is C22H22N4O4S. The zero-order chi connectivity index (χ0) is 22.5. The number of nitrogens with zero attached hydrogens (tertiary/aromatic N) is 1. The lowest BCUT2D eigenvalue weighted by Crippen LogP contribution is -2.58. The number of aromatic nitrogens is 1. The monoisotopic (exact) mass is 438 g/mol. The molecule has 0 saturated heterocycles. The number of carbonyl (C=O) groups is 2. The molecule has 0 saturated carbocycles. The topological polar surface area (TPSA) is 131 Å². The van der Waals surface area contributed by atoms with Crippen molar-refractivity contribution in [2.75, 3.05) is 5.32 Å². The van der Waals surface area contributed by atoms with Gasteiger partial charge in [-0.1, -0.05) is 24.3 Å². The fourth-order valence-electron chi connectivity index (χ4n) is 2.83. The van der Waals surface area contributed by atoms with Crippen LogP contribution in [0.4, 0.5) is 5.69 Å². The van der Waals surface area contributed by atoms with Crippen LogP contribution in [0.15, 0.2) is 84.0 Å². The van der Waals surface area contributed by atoms with Crippen LogP contribution in [0.3, 0.4) is 0 Å². The summed E-state index contributed by atoms with van der Waals surface area (Å²) in [6.45, 7) is 1.31. The lowest BCUT2D eigenvalue weighted by atomic mass is 10.2. The zero-order valence-electron chi connectivity index (χ0n) is 16.8. The van der Waals surface area contributed by atoms with E-state index in [1.54, 1.807) is 54.9 Å². The third kappa shape index (κ3) is 4.79. The molecular weight excluding hydrogens is 416 g/mol. The third-order valence-electron chi connectivity index (χ3n) is 4.82. The Kier molecular flexibility index (Phi) is 6.47. The van der Waals surface area contributed by atoms with E-state index < -0.39 is 20.6 Å². The van der Waals surface area contributed by atoms with E-state index in [0.29, 0.717) is 16.8 Å². The minimum Gasteiger partial charge on any atom is -0.367 e. The summed E-state index contributed by atoms with van der Waals surface area (Å²) < 4.78 is 26.4. The van der Waals surface area contributed by atoms with Gasteiger partial charge in [0, 0.05) is 30.2 Å². The Hall–Kier alpha value is -3.56. The molecule has 0 fully saturated rings. The lowest BCUT2D eigenvalue weighted by molar-refractivity contribution is -0.120. The summed E-state index contributed by atoms with van der Waals surface area (Å²) in [6.07, 6.45) is 3.15. The van der Waals surface area contributed by atoms with E-state index in [9.17, 15) is 18.0 Å². The van der Waals surface area contributed by atoms with E-state index in [4.69, 9.17) is 5.73 Å². The summed E-state index contributed by atoms with van der Waals surface area (Å²) >= 11 is 0. The molecule has 31 heavy (non-hydrogen) atoms. The molecule has 0 aliphatic rings. The quantitative estimate of drug-likeness (QED) is 0.494. The van der Waals surface area contributed by atoms with E-state index in [1.807, 2.05) is 0 Å². The number of rotatable bonds is 8. The van der Waals surface area contributed by atoms with Crippen LogP contribution in [0, 0.1) is 0 Å². The molecule has 160 valence electrons. The van der Waals surface area contributed by atoms with Crippen molar-refractivity contribution in [3.8, 4) is 0 Å². The van der Waals surface area contributed by atoms with Crippen molar-refractivity contribution in [3.05, 3.63) is 90.3 Å². The third-order valence-corrected chi connectivity index (χ3v) is 7.13. The highest BCUT2D eigenvalue weighted by atomic mass is 32.2. The van der Waals surface area contributed by atoms with Gasteiger partial charge in [-0.25, -0.2) is 8.42 Å². The maximum atomic E-state index is 13.2. The van der Waals surface area contributed by atoms with Crippen LogP contribution < -0.4 is 16.4 Å². The van der Waals surface area contributed by atoms with Crippen molar-refractivity contribution in [1.82, 2.24) is 10.3 Å². The molecule has 9 heteroatoms. The van der Waals surface area contributed by atoms with Crippen LogP contribution >= 0.6 is 0 Å². The highest BCUT2D eigenvalue weighted by Crippen LogP contribution is 2.25. The van der Waals surface area contributed by atoms with Gasteiger partial charge in [0.2, 0.25) is 14.7 Å². The molecule has 0 aliphatic carbocycles. The van der Waals surface area contributed by atoms with Gasteiger partial charge in [-0.15, -0.1) is 0 Å². The molecule has 1 unspecified atom stereocenters. The van der Waals surface area contributed by atoms with Crippen LogP contribution in [0.5, 0.6) is 0 Å². The largest absolute Gasteiger partial charge is 0.367 e. The van der Waals surface area contributed by atoms with Crippen LogP contribution in [-0.4, -0.2) is 30.1 Å². The molecule has 0 bridgehead atoms. The van der Waals surface area contributed by atoms with Crippen LogP contribution in [-0.2, 0) is 21.2 Å². The molecule has 1 heterocycles. The van der Waals surface area contributed by atoms with Crippen molar-refractivity contribution in [2.24, 2.45) is 5.73 Å². The summed E-state index contributed by atoms with van der Waals surface area (Å²) in [5.41, 5.74) is 7.05. The maximum Gasteiger partial charge on any atom is 0.255 e. The Balaban J connectivity index is 1.80. The van der Waals surface area contributed by atoms with Gasteiger partial charge in [-0.05, 0) is 55.0 Å². The molecule has 3 rings (SSSR count). The molecule has 0 radical (unpaired) electrons. The molecule has 0 spiro atoms. The van der Waals surface area contributed by atoms with E-state index in [-0.39, 0.29) is 17.3 Å². The van der Waals surface area contributed by atoms with Gasteiger partial charge in [-0.3, -0.25) is 19.9 Å². The number of carbonyl (C=O) groups excluding carboxylic acids is 2. The van der Waals surface area contributed by atoms with Crippen molar-refractivity contribution in [1.29, 1.82) is 0 Å². The van der Waals surface area contributed by atoms with Crippen LogP contribution in [0.25, 0.3) is 0 Å². The molecule has 1 aromatic heterocycles. The second-order valence-electron chi connectivity index (χ2n) is 6.96. The SMILES string of the molecule is CC(NCc1cccnc1)(C(N)=O)S(=O)(=O)c1ccc(NC(=O)c2ccccc2)cc1. The predicted octanol–water partition coefficient (Wildman–Crippen LogP) is 2.10. The Morgan fingerprint density at radius 3 is 2.26 bits per heavy atom. The summed E-state index contributed by atoms with van der Waals surface area (Å²) in [7, 11) is -4.19. The average molecular weight is 439 g/mol. The second kappa shape index (κ2) is 9.07. The predicted molar refractivity (Wildman–Crippen MR) is 117 cm³/mol. The second-order valence-corrected chi connectivity index (χ2v) is 9.26. The number of nitrogens with two attached hydrogens (primary N) is 1. The van der Waals surface area contributed by atoms with Gasteiger partial charge < -0.3 is 11.1 Å². The fourth-order valence-corrected chi connectivity index (χ4v) is 4.33. The minimum absolute atomic E-state index is 0.0811. The lowest BCUT2D eigenvalue weighted by Gasteiger charge is -2.27. The highest BCUT2D eigenvalue weighted by Gasteiger charge is 2.45. The molecule has 3 aromatic rings. The first-order valence-electron chi connectivity index (χ1n) is 9.39. The van der Waals surface area contributed by atoms with E-state index in [0.717, 1.165) is 0 Å². The standard InChI is InChI=1S/C22H22N4O4S/c1-22(21(23)28,25-15-16-6-5-13-24-14-16)31(29,30)19-11-9-18(10-12-19)26-20(27)17-7-3-2-4-8-17/h2-14,25H,15H2,1H3,(H2,23,28)(H,26,27). The van der Waals surface area contributed by atoms with Crippen molar-refractivity contribution < 1.29 is 18.0 Å². The van der Waals surface area contributed by atoms with E-state index in [1.165, 1.54) is 31.2 Å². The van der Waals surface area contributed by atoms with Gasteiger partial charge >= 0.3 is 0 Å². The van der Waals surface area contributed by atoms with E-state index in [2.05, 4.69) is 15.6 Å². The highest BCUT2D eigenvalue weighted by molar-refractivity contribution is 7.93. The van der Waals surface area contributed by atoms with Gasteiger partial charge in [0.1, 0.15) is 0 Å². The summed E-state index contributed by atoms with van der Waals surface area (Å²) in [6, 6.07) is 17.6. The fraction of sp³-hybridized carbons (Fsp3) is 0.136. The number of pyridine rings is 1. The molecule has 8 nitrogen and oxygen atoms in total. The molecule has 4 N–H and O–H groups in total. The maximum absolute atomic E-state index is 13.2. The molecule has 1 atom stereocenters. The normalized spacial score (nSPS) is 13.2. The van der Waals surface area contributed by atoms with E-state index >= 15 is 0 Å². The Morgan fingerprint density at radius 1 is 1.00 bits per heavy atom. The molecule has 2 amide bonds. The first kappa shape index (κ1) is 22.1. The van der Waals surface area contributed by atoms with Crippen molar-refractivity contribution >= 4 is 27.3 Å². The summed E-state index contributed by atoms with van der Waals surface area (Å²) in [5.74, 6) is -1.35. The van der Waals surface area contributed by atoms with Crippen molar-refractivity contribution in [3.63, 3.8) is 0 Å². The number of hydrogen-bond acceptors (Lipinski definition) is 6. The Labute approximate surface area is 180 Å². The Bertz CT molecular complexity index is 1170. The number of sulfone groups is 1.